The van der Waals surface area contributed by atoms with Gasteiger partial charge in [-0.3, -0.25) is 14.4 Å². The van der Waals surface area contributed by atoms with E-state index < -0.39 is 6.10 Å². The molecule has 0 aromatic heterocycles. The van der Waals surface area contributed by atoms with Gasteiger partial charge in [0.15, 0.2) is 6.10 Å². The summed E-state index contributed by atoms with van der Waals surface area (Å²) in [6.45, 7) is 13.6. The van der Waals surface area contributed by atoms with Crippen molar-refractivity contribution in [3.8, 4) is 0 Å². The minimum Gasteiger partial charge on any atom is -0.462 e. The van der Waals surface area contributed by atoms with Gasteiger partial charge in [0.2, 0.25) is 0 Å². The fraction of sp³-hybridized carbons (Fsp3) is 0.943. The Hall–Kier alpha value is -1.59. The maximum Gasteiger partial charge on any atom is 0.306 e. The smallest absolute Gasteiger partial charge is 0.306 e. The highest BCUT2D eigenvalue weighted by Crippen LogP contribution is 2.18. The number of esters is 3. The van der Waals surface area contributed by atoms with E-state index in [9.17, 15) is 14.4 Å². The first kappa shape index (κ1) is 57.4. The summed E-state index contributed by atoms with van der Waals surface area (Å²) in [7, 11) is 0. The zero-order valence-electron chi connectivity index (χ0n) is 40.5. The first-order chi connectivity index (χ1) is 28.6. The summed E-state index contributed by atoms with van der Waals surface area (Å²) in [5.74, 6) is 1.56. The van der Waals surface area contributed by atoms with Crippen LogP contribution in [-0.2, 0) is 28.6 Å². The van der Waals surface area contributed by atoms with Crippen LogP contribution in [0, 0.1) is 17.8 Å². The predicted molar refractivity (Wildman–Crippen MR) is 252 cm³/mol. The number of hydrogen-bond donors (Lipinski definition) is 0. The van der Waals surface area contributed by atoms with E-state index in [2.05, 4.69) is 41.5 Å². The molecule has 0 fully saturated rings. The predicted octanol–water partition coefficient (Wildman–Crippen LogP) is 16.8. The van der Waals surface area contributed by atoms with Crippen molar-refractivity contribution in [2.75, 3.05) is 13.2 Å². The molecule has 0 rings (SSSR count). The molecular weight excluding hydrogens is 733 g/mol. The Morgan fingerprint density at radius 3 is 0.729 bits per heavy atom. The third-order valence-corrected chi connectivity index (χ3v) is 11.9. The highest BCUT2D eigenvalue weighted by molar-refractivity contribution is 5.71. The van der Waals surface area contributed by atoms with Crippen molar-refractivity contribution in [2.24, 2.45) is 17.8 Å². The highest BCUT2D eigenvalue weighted by Gasteiger charge is 2.19. The lowest BCUT2D eigenvalue weighted by atomic mass is 10.0. The topological polar surface area (TPSA) is 78.9 Å². The van der Waals surface area contributed by atoms with Crippen LogP contribution in [0.1, 0.15) is 286 Å². The molecule has 0 aromatic carbocycles. The largest absolute Gasteiger partial charge is 0.462 e. The lowest BCUT2D eigenvalue weighted by Gasteiger charge is -2.18. The van der Waals surface area contributed by atoms with E-state index in [0.29, 0.717) is 19.3 Å². The van der Waals surface area contributed by atoms with Gasteiger partial charge < -0.3 is 14.2 Å². The minimum absolute atomic E-state index is 0.0661. The van der Waals surface area contributed by atoms with Gasteiger partial charge in [-0.2, -0.15) is 0 Å². The zero-order valence-corrected chi connectivity index (χ0v) is 40.5. The average Bonchev–Trinajstić information content (AvgIpc) is 3.19. The summed E-state index contributed by atoms with van der Waals surface area (Å²) < 4.78 is 16.8. The summed E-state index contributed by atoms with van der Waals surface area (Å²) in [5, 5.41) is 0. The number of ether oxygens (including phenoxy) is 3. The van der Waals surface area contributed by atoms with Gasteiger partial charge in [-0.1, -0.05) is 247 Å². The van der Waals surface area contributed by atoms with Crippen LogP contribution in [0.25, 0.3) is 0 Å². The molecule has 6 heteroatoms. The molecular formula is C53H102O6. The van der Waals surface area contributed by atoms with Crippen LogP contribution in [0.4, 0.5) is 0 Å². The number of carbonyl (C=O) groups excluding carboxylic acids is 3. The SMILES string of the molecule is CC(C)CCCCCCCCCCCCCCCCCCCCC(=O)O[C@H](COC(=O)CCCCCCCCCCC(C)C)COC(=O)CCCCCCCCC(C)C. The van der Waals surface area contributed by atoms with Crippen molar-refractivity contribution in [3.05, 3.63) is 0 Å². The molecule has 0 aliphatic rings. The van der Waals surface area contributed by atoms with E-state index in [0.717, 1.165) is 75.5 Å². The average molecular weight is 835 g/mol. The lowest BCUT2D eigenvalue weighted by Crippen LogP contribution is -2.30. The van der Waals surface area contributed by atoms with Gasteiger partial charge >= 0.3 is 17.9 Å². The normalized spacial score (nSPS) is 12.2. The van der Waals surface area contributed by atoms with E-state index >= 15 is 0 Å². The molecule has 0 aromatic rings. The minimum atomic E-state index is -0.763. The maximum atomic E-state index is 12.8. The Morgan fingerprint density at radius 1 is 0.288 bits per heavy atom. The van der Waals surface area contributed by atoms with E-state index in [1.807, 2.05) is 0 Å². The standard InChI is InChI=1S/C53H102O6/c1-47(2)39-33-27-21-17-15-13-11-9-7-8-10-12-14-16-18-24-32-38-44-53(56)59-50(46-58-52(55)43-37-31-26-25-29-35-41-49(5)6)45-57-51(54)42-36-30-23-20-19-22-28-34-40-48(3)4/h47-50H,7-46H2,1-6H3/t50-/m1/s1. The van der Waals surface area contributed by atoms with Crippen molar-refractivity contribution in [1.82, 2.24) is 0 Å². The van der Waals surface area contributed by atoms with Crippen LogP contribution in [0.3, 0.4) is 0 Å². The van der Waals surface area contributed by atoms with Gasteiger partial charge in [0.1, 0.15) is 13.2 Å². The van der Waals surface area contributed by atoms with Gasteiger partial charge in [0, 0.05) is 19.3 Å². The molecule has 0 saturated heterocycles. The quantitative estimate of drug-likeness (QED) is 0.0345. The van der Waals surface area contributed by atoms with Gasteiger partial charge in [0.05, 0.1) is 0 Å². The van der Waals surface area contributed by atoms with Gasteiger partial charge in [0.25, 0.3) is 0 Å². The molecule has 59 heavy (non-hydrogen) atoms. The van der Waals surface area contributed by atoms with Crippen LogP contribution in [0.2, 0.25) is 0 Å². The third kappa shape index (κ3) is 47.3. The Labute approximate surface area is 368 Å². The molecule has 0 N–H and O–H groups in total. The van der Waals surface area contributed by atoms with E-state index in [1.165, 1.54) is 167 Å². The molecule has 0 spiro atoms. The summed E-state index contributed by atoms with van der Waals surface area (Å²) in [6, 6.07) is 0. The van der Waals surface area contributed by atoms with Gasteiger partial charge in [-0.25, -0.2) is 0 Å². The summed E-state index contributed by atoms with van der Waals surface area (Å²) in [6.07, 6.45) is 44.0. The zero-order chi connectivity index (χ0) is 43.4. The molecule has 0 aliphatic heterocycles. The number of unbranched alkanes of at least 4 members (excludes halogenated alkanes) is 29. The second-order valence-electron chi connectivity index (χ2n) is 19.6. The van der Waals surface area contributed by atoms with Crippen molar-refractivity contribution >= 4 is 17.9 Å². The van der Waals surface area contributed by atoms with Crippen LogP contribution in [0.5, 0.6) is 0 Å². The van der Waals surface area contributed by atoms with Crippen molar-refractivity contribution in [3.63, 3.8) is 0 Å². The second kappa shape index (κ2) is 44.5. The third-order valence-electron chi connectivity index (χ3n) is 11.9. The van der Waals surface area contributed by atoms with Crippen LogP contribution in [0.15, 0.2) is 0 Å². The molecule has 6 nitrogen and oxygen atoms in total. The number of rotatable bonds is 46. The lowest BCUT2D eigenvalue weighted by molar-refractivity contribution is -0.167. The number of hydrogen-bond acceptors (Lipinski definition) is 6. The highest BCUT2D eigenvalue weighted by atomic mass is 16.6. The first-order valence-electron chi connectivity index (χ1n) is 26.1. The molecule has 0 unspecified atom stereocenters. The Kier molecular flexibility index (Phi) is 43.3. The van der Waals surface area contributed by atoms with Gasteiger partial charge in [-0.15, -0.1) is 0 Å². The summed E-state index contributed by atoms with van der Waals surface area (Å²) >= 11 is 0. The molecule has 350 valence electrons. The summed E-state index contributed by atoms with van der Waals surface area (Å²) in [5.41, 5.74) is 0. The second-order valence-corrected chi connectivity index (χ2v) is 19.6. The molecule has 1 atom stereocenters. The molecule has 0 radical (unpaired) electrons. The summed E-state index contributed by atoms with van der Waals surface area (Å²) in [4.78, 5) is 37.8. The molecule has 0 amide bonds. The van der Waals surface area contributed by atoms with Crippen LogP contribution < -0.4 is 0 Å². The maximum absolute atomic E-state index is 12.8. The number of carbonyl (C=O) groups is 3. The van der Waals surface area contributed by atoms with E-state index in [-0.39, 0.29) is 31.1 Å². The van der Waals surface area contributed by atoms with Crippen molar-refractivity contribution in [2.45, 2.75) is 292 Å². The molecule has 0 aliphatic carbocycles. The molecule has 0 bridgehead atoms. The van der Waals surface area contributed by atoms with Crippen molar-refractivity contribution < 1.29 is 28.6 Å². The Balaban J connectivity index is 4.20. The fourth-order valence-electron chi connectivity index (χ4n) is 7.94. The monoisotopic (exact) mass is 835 g/mol. The van der Waals surface area contributed by atoms with E-state index in [1.54, 1.807) is 0 Å². The Bertz CT molecular complexity index is 914. The van der Waals surface area contributed by atoms with Crippen LogP contribution >= 0.6 is 0 Å². The molecule has 0 saturated carbocycles. The fourth-order valence-corrected chi connectivity index (χ4v) is 7.94. The first-order valence-corrected chi connectivity index (χ1v) is 26.1. The molecule has 0 heterocycles. The van der Waals surface area contributed by atoms with E-state index in [4.69, 9.17) is 14.2 Å². The Morgan fingerprint density at radius 2 is 0.492 bits per heavy atom. The van der Waals surface area contributed by atoms with Gasteiger partial charge in [-0.05, 0) is 37.0 Å². The van der Waals surface area contributed by atoms with Crippen LogP contribution in [-0.4, -0.2) is 37.2 Å². The van der Waals surface area contributed by atoms with Crippen molar-refractivity contribution in [1.29, 1.82) is 0 Å².